The molecule has 0 spiro atoms. The summed E-state index contributed by atoms with van der Waals surface area (Å²) in [6, 6.07) is 8.11. The number of hydrogen-bond donors (Lipinski definition) is 1. The van der Waals surface area contributed by atoms with E-state index in [4.69, 9.17) is 17.5 Å². The minimum Gasteiger partial charge on any atom is -0.329 e. The molecule has 2 heterocycles. The molecule has 0 aliphatic carbocycles. The van der Waals surface area contributed by atoms with E-state index in [-0.39, 0.29) is 6.04 Å². The van der Waals surface area contributed by atoms with E-state index in [1.54, 1.807) is 6.07 Å². The van der Waals surface area contributed by atoms with Crippen molar-refractivity contribution in [3.8, 4) is 6.07 Å². The number of aromatic amines is 1. The first kappa shape index (κ1) is 12.6. The number of imidazole rings is 1. The Kier molecular flexibility index (Phi) is 3.25. The molecule has 3 rings (SSSR count). The van der Waals surface area contributed by atoms with E-state index in [1.807, 2.05) is 12.1 Å². The lowest BCUT2D eigenvalue weighted by Crippen LogP contribution is -2.21. The predicted molar refractivity (Wildman–Crippen MR) is 78.0 cm³/mol. The Labute approximate surface area is 118 Å². The summed E-state index contributed by atoms with van der Waals surface area (Å²) in [6.07, 6.45) is 1.76. The van der Waals surface area contributed by atoms with Crippen molar-refractivity contribution in [1.29, 1.82) is 5.26 Å². The summed E-state index contributed by atoms with van der Waals surface area (Å²) >= 11 is 5.39. The number of aromatic nitrogens is 2. The van der Waals surface area contributed by atoms with Gasteiger partial charge in [-0.05, 0) is 37.2 Å². The second-order valence-corrected chi connectivity index (χ2v) is 6.77. The van der Waals surface area contributed by atoms with Gasteiger partial charge in [-0.3, -0.25) is 4.21 Å². The molecule has 0 amide bonds. The maximum absolute atomic E-state index is 11.5. The van der Waals surface area contributed by atoms with Gasteiger partial charge in [0.1, 0.15) is 6.07 Å². The van der Waals surface area contributed by atoms with Crippen LogP contribution in [0.1, 0.15) is 24.4 Å². The van der Waals surface area contributed by atoms with Gasteiger partial charge >= 0.3 is 0 Å². The summed E-state index contributed by atoms with van der Waals surface area (Å²) in [5.74, 6) is 1.47. The molecule has 6 heteroatoms. The third-order valence-corrected chi connectivity index (χ3v) is 5.28. The summed E-state index contributed by atoms with van der Waals surface area (Å²) < 4.78 is 14.2. The number of rotatable bonds is 1. The number of nitriles is 1. The van der Waals surface area contributed by atoms with Gasteiger partial charge in [-0.1, -0.05) is 6.07 Å². The summed E-state index contributed by atoms with van der Waals surface area (Å²) in [5.41, 5.74) is 2.39. The molecule has 0 atom stereocenters. The third-order valence-electron chi connectivity index (χ3n) is 3.60. The lowest BCUT2D eigenvalue weighted by molar-refractivity contribution is 0.468. The molecule has 0 radical (unpaired) electrons. The third kappa shape index (κ3) is 2.13. The first-order chi connectivity index (χ1) is 9.20. The van der Waals surface area contributed by atoms with Crippen molar-refractivity contribution in [2.75, 3.05) is 11.5 Å². The molecule has 19 heavy (non-hydrogen) atoms. The molecule has 1 aromatic heterocycles. The van der Waals surface area contributed by atoms with Crippen molar-refractivity contribution in [3.05, 3.63) is 28.5 Å². The Balaban J connectivity index is 2.14. The lowest BCUT2D eigenvalue weighted by Gasteiger charge is -2.23. The first-order valence-corrected chi connectivity index (χ1v) is 8.08. The molecule has 1 saturated heterocycles. The molecule has 1 N–H and O–H groups in total. The highest BCUT2D eigenvalue weighted by molar-refractivity contribution is 7.85. The molecule has 1 aliphatic heterocycles. The van der Waals surface area contributed by atoms with E-state index in [0.29, 0.717) is 10.3 Å². The van der Waals surface area contributed by atoms with Crippen LogP contribution in [0.4, 0.5) is 0 Å². The molecule has 0 unspecified atom stereocenters. The molecule has 0 saturated carbocycles. The molecule has 1 aromatic carbocycles. The average molecular weight is 291 g/mol. The molecule has 1 aliphatic rings. The van der Waals surface area contributed by atoms with E-state index in [1.165, 1.54) is 0 Å². The summed E-state index contributed by atoms with van der Waals surface area (Å²) in [7, 11) is -0.679. The van der Waals surface area contributed by atoms with E-state index in [2.05, 4.69) is 15.6 Å². The van der Waals surface area contributed by atoms with Gasteiger partial charge in [0.25, 0.3) is 0 Å². The Morgan fingerprint density at radius 1 is 1.42 bits per heavy atom. The highest BCUT2D eigenvalue weighted by Gasteiger charge is 2.22. The largest absolute Gasteiger partial charge is 0.329 e. The highest BCUT2D eigenvalue weighted by Crippen LogP contribution is 2.28. The summed E-state index contributed by atoms with van der Waals surface area (Å²) in [5, 5.41) is 9.13. The number of H-pyrrole nitrogens is 1. The normalized spacial score (nSPS) is 23.3. The van der Waals surface area contributed by atoms with Crippen molar-refractivity contribution < 1.29 is 4.21 Å². The van der Waals surface area contributed by atoms with Crippen molar-refractivity contribution in [2.45, 2.75) is 18.9 Å². The van der Waals surface area contributed by atoms with Crippen LogP contribution in [-0.4, -0.2) is 25.3 Å². The van der Waals surface area contributed by atoms with Gasteiger partial charge < -0.3 is 9.55 Å². The van der Waals surface area contributed by atoms with Crippen LogP contribution in [0.15, 0.2) is 18.2 Å². The van der Waals surface area contributed by atoms with Crippen LogP contribution < -0.4 is 0 Å². The maximum Gasteiger partial charge on any atom is 0.178 e. The van der Waals surface area contributed by atoms with Gasteiger partial charge in [0, 0.05) is 28.3 Å². The van der Waals surface area contributed by atoms with Gasteiger partial charge in [-0.25, -0.2) is 0 Å². The minimum atomic E-state index is -0.679. The SMILES string of the molecule is N#Cc1cccc2c1[nH]c(=S)n2C1CCS(=O)CC1. The smallest absolute Gasteiger partial charge is 0.178 e. The van der Waals surface area contributed by atoms with Crippen LogP contribution in [0, 0.1) is 16.1 Å². The number of hydrogen-bond acceptors (Lipinski definition) is 3. The van der Waals surface area contributed by atoms with Crippen LogP contribution in [-0.2, 0) is 10.8 Å². The molecule has 1 fully saturated rings. The van der Waals surface area contributed by atoms with E-state index in [0.717, 1.165) is 35.4 Å². The quantitative estimate of drug-likeness (QED) is 0.822. The second-order valence-electron chi connectivity index (χ2n) is 4.69. The minimum absolute atomic E-state index is 0.285. The number of fused-ring (bicyclic) bond motifs is 1. The standard InChI is InChI=1S/C13H13N3OS2/c14-8-9-2-1-3-11-12(9)15-13(18)16(11)10-4-6-19(17)7-5-10/h1-3,10H,4-7H2,(H,15,18). The number of benzene rings is 1. The van der Waals surface area contributed by atoms with Crippen molar-refractivity contribution in [3.63, 3.8) is 0 Å². The zero-order valence-corrected chi connectivity index (χ0v) is 11.9. The van der Waals surface area contributed by atoms with Crippen LogP contribution in [0.5, 0.6) is 0 Å². The van der Waals surface area contributed by atoms with Crippen LogP contribution in [0.25, 0.3) is 11.0 Å². The molecular formula is C13H13N3OS2. The monoisotopic (exact) mass is 291 g/mol. The van der Waals surface area contributed by atoms with Gasteiger partial charge in [-0.2, -0.15) is 5.26 Å². The summed E-state index contributed by atoms with van der Waals surface area (Å²) in [6.45, 7) is 0. The molecule has 4 nitrogen and oxygen atoms in total. The molecular weight excluding hydrogens is 278 g/mol. The van der Waals surface area contributed by atoms with Crippen molar-refractivity contribution >= 4 is 34.1 Å². The molecule has 0 bridgehead atoms. The number of para-hydroxylation sites is 1. The summed E-state index contributed by atoms with van der Waals surface area (Å²) in [4.78, 5) is 3.13. The van der Waals surface area contributed by atoms with Crippen molar-refractivity contribution in [1.82, 2.24) is 9.55 Å². The van der Waals surface area contributed by atoms with E-state index >= 15 is 0 Å². The molecule has 2 aromatic rings. The van der Waals surface area contributed by atoms with Crippen molar-refractivity contribution in [2.24, 2.45) is 0 Å². The Hall–Kier alpha value is -1.45. The van der Waals surface area contributed by atoms with Crippen LogP contribution in [0.2, 0.25) is 0 Å². The van der Waals surface area contributed by atoms with Crippen LogP contribution >= 0.6 is 12.2 Å². The first-order valence-electron chi connectivity index (χ1n) is 6.19. The highest BCUT2D eigenvalue weighted by atomic mass is 32.2. The predicted octanol–water partition coefficient (Wildman–Crippen LogP) is 2.65. The zero-order valence-electron chi connectivity index (χ0n) is 10.3. The lowest BCUT2D eigenvalue weighted by atomic mass is 10.1. The molecule has 98 valence electrons. The fraction of sp³-hybridized carbons (Fsp3) is 0.385. The van der Waals surface area contributed by atoms with Gasteiger partial charge in [-0.15, -0.1) is 0 Å². The van der Waals surface area contributed by atoms with Gasteiger partial charge in [0.15, 0.2) is 4.77 Å². The second kappa shape index (κ2) is 4.91. The van der Waals surface area contributed by atoms with Crippen LogP contribution in [0.3, 0.4) is 0 Å². The maximum atomic E-state index is 11.5. The Morgan fingerprint density at radius 3 is 2.84 bits per heavy atom. The number of nitrogens with one attached hydrogen (secondary N) is 1. The van der Waals surface area contributed by atoms with Gasteiger partial charge in [0.2, 0.25) is 0 Å². The van der Waals surface area contributed by atoms with E-state index in [9.17, 15) is 4.21 Å². The fourth-order valence-electron chi connectivity index (χ4n) is 2.64. The van der Waals surface area contributed by atoms with E-state index < -0.39 is 10.8 Å². The van der Waals surface area contributed by atoms with Gasteiger partial charge in [0.05, 0.1) is 16.6 Å². The fourth-order valence-corrected chi connectivity index (χ4v) is 4.27. The Bertz CT molecular complexity index is 743. The average Bonchev–Trinajstić information content (AvgIpc) is 2.76. The number of nitrogens with zero attached hydrogens (tertiary/aromatic N) is 2. The topological polar surface area (TPSA) is 61.6 Å². The zero-order chi connectivity index (χ0) is 13.4. The Morgan fingerprint density at radius 2 is 2.16 bits per heavy atom.